The number of halogens is 5. The first-order chi connectivity index (χ1) is 11.0. The number of rotatable bonds is 4. The number of hydrogen-bond acceptors (Lipinski definition) is 3. The van der Waals surface area contributed by atoms with Crippen molar-refractivity contribution in [2.24, 2.45) is 0 Å². The number of nitrogens with zero attached hydrogens (tertiary/aromatic N) is 1. The molecule has 0 saturated heterocycles. The van der Waals surface area contributed by atoms with Gasteiger partial charge >= 0.3 is 13.3 Å². The average molecular weight is 367 g/mol. The van der Waals surface area contributed by atoms with Gasteiger partial charge in [0.15, 0.2) is 11.6 Å². The number of pyridine rings is 1. The molecule has 0 fully saturated rings. The van der Waals surface area contributed by atoms with Crippen LogP contribution in [0.3, 0.4) is 0 Å². The van der Waals surface area contributed by atoms with Crippen LogP contribution in [0.15, 0.2) is 30.5 Å². The Labute approximate surface area is 130 Å². The van der Waals surface area contributed by atoms with Crippen LogP contribution in [0.2, 0.25) is 0 Å². The summed E-state index contributed by atoms with van der Waals surface area (Å²) in [4.78, 5) is 31.9. The summed E-state index contributed by atoms with van der Waals surface area (Å²) in [5.74, 6) is -7.10. The highest BCUT2D eigenvalue weighted by atomic mass is 31.2. The fourth-order valence-electron chi connectivity index (χ4n) is 1.75. The molecule has 0 unspecified atom stereocenters. The Kier molecular flexibility index (Phi) is 4.58. The van der Waals surface area contributed by atoms with Crippen molar-refractivity contribution in [1.29, 1.82) is 0 Å². The molecule has 2 N–H and O–H groups in total. The van der Waals surface area contributed by atoms with Gasteiger partial charge in [-0.25, -0.2) is 13.2 Å². The summed E-state index contributed by atoms with van der Waals surface area (Å²) in [6.07, 6.45) is 0.702. The van der Waals surface area contributed by atoms with E-state index in [-0.39, 0.29) is 5.69 Å². The minimum Gasteiger partial charge on any atom is -0.320 e. The molecule has 0 aliphatic heterocycles. The van der Waals surface area contributed by atoms with Gasteiger partial charge in [0.2, 0.25) is 5.78 Å². The topological polar surface area (TPSA) is 87.5 Å². The molecule has 0 aliphatic carbocycles. The highest BCUT2D eigenvalue weighted by Gasteiger charge is 2.56. The third-order valence-electron chi connectivity index (χ3n) is 2.97. The molecular formula is C13H7F5NO4P. The van der Waals surface area contributed by atoms with E-state index >= 15 is 0 Å². The number of ketones is 1. The first-order valence-electron chi connectivity index (χ1n) is 6.05. The molecule has 0 aliphatic rings. The van der Waals surface area contributed by atoms with E-state index in [1.54, 1.807) is 0 Å². The first-order valence-corrected chi connectivity index (χ1v) is 7.66. The summed E-state index contributed by atoms with van der Waals surface area (Å²) in [6, 6.07) is 3.02. The van der Waals surface area contributed by atoms with Crippen molar-refractivity contribution in [2.75, 3.05) is 0 Å². The lowest BCUT2D eigenvalue weighted by Gasteiger charge is -2.17. The summed E-state index contributed by atoms with van der Waals surface area (Å²) in [5.41, 5.74) is -7.54. The Morgan fingerprint density at radius 3 is 2.17 bits per heavy atom. The lowest BCUT2D eigenvalue weighted by molar-refractivity contribution is 0.0406. The molecular weight excluding hydrogens is 360 g/mol. The first kappa shape index (κ1) is 18.2. The van der Waals surface area contributed by atoms with Crippen molar-refractivity contribution >= 4 is 13.4 Å². The highest BCUT2D eigenvalue weighted by molar-refractivity contribution is 7.54. The monoisotopic (exact) mass is 367 g/mol. The molecule has 11 heteroatoms. The standard InChI is InChI=1S/C13H7F5NO4P/c14-6-1-4-9(19-5-6)7-2-3-8(11(16)10(7)15)12(20)13(17,18)24(21,22)23/h1-5H,(H2,21,22,23). The van der Waals surface area contributed by atoms with E-state index in [1.165, 1.54) is 0 Å². The number of carbonyl (C=O) groups is 1. The van der Waals surface area contributed by atoms with Gasteiger partial charge < -0.3 is 9.79 Å². The van der Waals surface area contributed by atoms with E-state index in [4.69, 9.17) is 9.79 Å². The van der Waals surface area contributed by atoms with E-state index in [0.717, 1.165) is 12.1 Å². The average Bonchev–Trinajstić information content (AvgIpc) is 2.49. The van der Waals surface area contributed by atoms with Crippen LogP contribution in [0.5, 0.6) is 0 Å². The van der Waals surface area contributed by atoms with Crippen LogP contribution in [-0.2, 0) is 4.57 Å². The summed E-state index contributed by atoms with van der Waals surface area (Å²) in [5, 5.41) is 0. The van der Waals surface area contributed by atoms with Gasteiger partial charge in [0.1, 0.15) is 5.82 Å². The molecule has 1 aromatic carbocycles. The smallest absolute Gasteiger partial charge is 0.320 e. The van der Waals surface area contributed by atoms with Gasteiger partial charge in [-0.2, -0.15) is 8.78 Å². The van der Waals surface area contributed by atoms with Gasteiger partial charge in [-0.15, -0.1) is 0 Å². The molecule has 2 aromatic rings. The number of benzene rings is 1. The van der Waals surface area contributed by atoms with Crippen molar-refractivity contribution < 1.29 is 41.1 Å². The minimum absolute atomic E-state index is 0.242. The fraction of sp³-hybridized carbons (Fsp3) is 0.0769. The molecule has 0 amide bonds. The summed E-state index contributed by atoms with van der Waals surface area (Å²) in [7, 11) is -6.23. The summed E-state index contributed by atoms with van der Waals surface area (Å²) >= 11 is 0. The molecule has 0 bridgehead atoms. The van der Waals surface area contributed by atoms with E-state index in [2.05, 4.69) is 4.98 Å². The summed E-state index contributed by atoms with van der Waals surface area (Å²) in [6.45, 7) is 0. The Morgan fingerprint density at radius 1 is 1.04 bits per heavy atom. The second-order valence-corrected chi connectivity index (χ2v) is 6.21. The van der Waals surface area contributed by atoms with E-state index in [9.17, 15) is 31.3 Å². The fourth-order valence-corrected chi connectivity index (χ4v) is 2.14. The Morgan fingerprint density at radius 2 is 1.67 bits per heavy atom. The van der Waals surface area contributed by atoms with Gasteiger partial charge in [0.25, 0.3) is 0 Å². The zero-order chi connectivity index (χ0) is 18.3. The quantitative estimate of drug-likeness (QED) is 0.493. The number of aromatic nitrogens is 1. The second kappa shape index (κ2) is 6.04. The Balaban J connectivity index is 2.53. The maximum atomic E-state index is 14.0. The number of hydrogen-bond donors (Lipinski definition) is 2. The lowest BCUT2D eigenvalue weighted by Crippen LogP contribution is -2.29. The largest absolute Gasteiger partial charge is 0.407 e. The van der Waals surface area contributed by atoms with E-state index in [1.807, 2.05) is 0 Å². The van der Waals surface area contributed by atoms with Gasteiger partial charge in [-0.05, 0) is 24.3 Å². The van der Waals surface area contributed by atoms with E-state index < -0.39 is 47.6 Å². The molecule has 5 nitrogen and oxygen atoms in total. The van der Waals surface area contributed by atoms with Crippen LogP contribution in [-0.4, -0.2) is 26.2 Å². The van der Waals surface area contributed by atoms with Crippen LogP contribution >= 0.6 is 7.60 Å². The molecule has 1 aromatic heterocycles. The van der Waals surface area contributed by atoms with Crippen molar-refractivity contribution in [3.05, 3.63) is 53.5 Å². The van der Waals surface area contributed by atoms with Crippen molar-refractivity contribution in [3.8, 4) is 11.3 Å². The lowest BCUT2D eigenvalue weighted by atomic mass is 10.0. The van der Waals surface area contributed by atoms with Gasteiger partial charge in [0, 0.05) is 5.56 Å². The van der Waals surface area contributed by atoms with Crippen molar-refractivity contribution in [1.82, 2.24) is 4.98 Å². The van der Waals surface area contributed by atoms with Crippen LogP contribution in [0, 0.1) is 17.5 Å². The normalized spacial score (nSPS) is 12.3. The van der Waals surface area contributed by atoms with Gasteiger partial charge in [-0.3, -0.25) is 14.3 Å². The van der Waals surface area contributed by atoms with Gasteiger partial charge in [0.05, 0.1) is 17.5 Å². The zero-order valence-electron chi connectivity index (χ0n) is 11.4. The number of carbonyl (C=O) groups excluding carboxylic acids is 1. The van der Waals surface area contributed by atoms with Crippen LogP contribution in [0.4, 0.5) is 22.0 Å². The van der Waals surface area contributed by atoms with Crippen LogP contribution in [0.1, 0.15) is 10.4 Å². The van der Waals surface area contributed by atoms with Gasteiger partial charge in [-0.1, -0.05) is 0 Å². The number of alkyl halides is 2. The Bertz CT molecular complexity index is 850. The predicted octanol–water partition coefficient (Wildman–Crippen LogP) is 3.12. The molecule has 24 heavy (non-hydrogen) atoms. The second-order valence-electron chi connectivity index (χ2n) is 4.56. The predicted molar refractivity (Wildman–Crippen MR) is 70.9 cm³/mol. The van der Waals surface area contributed by atoms with Crippen LogP contribution < -0.4 is 0 Å². The molecule has 2 rings (SSSR count). The third-order valence-corrected chi connectivity index (χ3v) is 3.90. The summed E-state index contributed by atoms with van der Waals surface area (Å²) < 4.78 is 78.0. The molecule has 0 atom stereocenters. The molecule has 128 valence electrons. The SMILES string of the molecule is O=C(c1ccc(-c2ccc(F)cn2)c(F)c1F)C(F)(F)P(=O)(O)O. The Hall–Kier alpha value is -2.16. The van der Waals surface area contributed by atoms with E-state index in [0.29, 0.717) is 18.3 Å². The molecule has 0 saturated carbocycles. The number of Topliss-reactive ketones (excluding diaryl/α,β-unsaturated/α-hetero) is 1. The maximum absolute atomic E-state index is 14.0. The zero-order valence-corrected chi connectivity index (χ0v) is 12.3. The maximum Gasteiger partial charge on any atom is 0.407 e. The van der Waals surface area contributed by atoms with Crippen molar-refractivity contribution in [2.45, 2.75) is 5.66 Å². The van der Waals surface area contributed by atoms with Crippen molar-refractivity contribution in [3.63, 3.8) is 0 Å². The highest BCUT2D eigenvalue weighted by Crippen LogP contribution is 2.54. The molecule has 0 spiro atoms. The van der Waals surface area contributed by atoms with Crippen LogP contribution in [0.25, 0.3) is 11.3 Å². The molecule has 1 heterocycles. The third kappa shape index (κ3) is 3.08. The molecule has 0 radical (unpaired) electrons. The minimum atomic E-state index is -6.23.